The Morgan fingerprint density at radius 1 is 1.73 bits per heavy atom. The molecule has 0 saturated carbocycles. The number of rotatable bonds is 4. The van der Waals surface area contributed by atoms with Crippen LogP contribution in [0, 0.1) is 0 Å². The van der Waals surface area contributed by atoms with Crippen LogP contribution in [0.1, 0.15) is 19.3 Å². The van der Waals surface area contributed by atoms with Crippen LogP contribution in [0.25, 0.3) is 0 Å². The Morgan fingerprint density at radius 3 is 3.09 bits per heavy atom. The topological polar surface area (TPSA) is 44.5 Å². The van der Waals surface area contributed by atoms with Crippen LogP contribution < -0.4 is 5.73 Å². The van der Waals surface area contributed by atoms with Crippen molar-refractivity contribution in [2.75, 3.05) is 20.3 Å². The second-order valence-electron chi connectivity index (χ2n) is 3.09. The molecule has 0 aromatic heterocycles. The average molecular weight is 159 g/mol. The molecule has 2 N–H and O–H groups in total. The van der Waals surface area contributed by atoms with Gasteiger partial charge in [-0.25, -0.2) is 0 Å². The Labute approximate surface area is 67.9 Å². The first-order chi connectivity index (χ1) is 5.33. The lowest BCUT2D eigenvalue weighted by Gasteiger charge is -2.14. The summed E-state index contributed by atoms with van der Waals surface area (Å²) in [7, 11) is 1.68. The van der Waals surface area contributed by atoms with Crippen LogP contribution in [0.2, 0.25) is 0 Å². The predicted molar refractivity (Wildman–Crippen MR) is 43.4 cm³/mol. The molecule has 0 radical (unpaired) electrons. The lowest BCUT2D eigenvalue weighted by Crippen LogP contribution is -2.30. The summed E-state index contributed by atoms with van der Waals surface area (Å²) in [6, 6.07) is 0.142. The van der Waals surface area contributed by atoms with E-state index in [-0.39, 0.29) is 6.04 Å². The van der Waals surface area contributed by atoms with Gasteiger partial charge in [0.1, 0.15) is 0 Å². The van der Waals surface area contributed by atoms with Gasteiger partial charge >= 0.3 is 0 Å². The maximum absolute atomic E-state index is 5.76. The van der Waals surface area contributed by atoms with Crippen molar-refractivity contribution in [3.63, 3.8) is 0 Å². The van der Waals surface area contributed by atoms with Gasteiger partial charge in [-0.05, 0) is 19.3 Å². The molecule has 1 rings (SSSR count). The third kappa shape index (κ3) is 3.18. The summed E-state index contributed by atoms with van der Waals surface area (Å²) >= 11 is 0. The van der Waals surface area contributed by atoms with Gasteiger partial charge in [-0.2, -0.15) is 0 Å². The fourth-order valence-corrected chi connectivity index (χ4v) is 1.45. The molecular weight excluding hydrogens is 142 g/mol. The Kier molecular flexibility index (Phi) is 3.83. The summed E-state index contributed by atoms with van der Waals surface area (Å²) in [5.41, 5.74) is 5.76. The zero-order valence-electron chi connectivity index (χ0n) is 7.08. The predicted octanol–water partition coefficient (Wildman–Crippen LogP) is 0.529. The molecule has 0 aromatic carbocycles. The van der Waals surface area contributed by atoms with Gasteiger partial charge in [0, 0.05) is 19.8 Å². The summed E-state index contributed by atoms with van der Waals surface area (Å²) in [6.45, 7) is 1.55. The van der Waals surface area contributed by atoms with E-state index in [0.717, 1.165) is 19.4 Å². The fourth-order valence-electron chi connectivity index (χ4n) is 1.45. The second-order valence-corrected chi connectivity index (χ2v) is 3.09. The highest BCUT2D eigenvalue weighted by Crippen LogP contribution is 2.16. The van der Waals surface area contributed by atoms with Gasteiger partial charge in [0.05, 0.1) is 12.7 Å². The zero-order chi connectivity index (χ0) is 8.10. The van der Waals surface area contributed by atoms with E-state index in [4.69, 9.17) is 15.2 Å². The Balaban J connectivity index is 2.08. The Hall–Kier alpha value is -0.120. The van der Waals surface area contributed by atoms with Crippen LogP contribution in [0.5, 0.6) is 0 Å². The lowest BCUT2D eigenvalue weighted by molar-refractivity contribution is 0.0842. The van der Waals surface area contributed by atoms with Gasteiger partial charge in [-0.3, -0.25) is 0 Å². The van der Waals surface area contributed by atoms with Crippen molar-refractivity contribution >= 4 is 0 Å². The number of nitrogens with two attached hydrogens (primary N) is 1. The minimum atomic E-state index is 0.142. The van der Waals surface area contributed by atoms with E-state index in [9.17, 15) is 0 Å². The third-order valence-corrected chi connectivity index (χ3v) is 1.97. The van der Waals surface area contributed by atoms with E-state index < -0.39 is 0 Å². The van der Waals surface area contributed by atoms with Gasteiger partial charge < -0.3 is 15.2 Å². The number of methoxy groups -OCH3 is 1. The quantitative estimate of drug-likeness (QED) is 0.650. The number of hydrogen-bond acceptors (Lipinski definition) is 3. The summed E-state index contributed by atoms with van der Waals surface area (Å²) in [5, 5.41) is 0. The number of ether oxygens (including phenoxy) is 2. The molecule has 0 amide bonds. The summed E-state index contributed by atoms with van der Waals surface area (Å²) in [4.78, 5) is 0. The standard InChI is InChI=1S/C8H17NO2/c1-10-6-7(9)5-8-3-2-4-11-8/h7-8H,2-6,9H2,1H3. The molecule has 1 heterocycles. The van der Waals surface area contributed by atoms with Crippen molar-refractivity contribution in [2.24, 2.45) is 5.73 Å². The second kappa shape index (κ2) is 4.70. The van der Waals surface area contributed by atoms with E-state index in [0.29, 0.717) is 12.7 Å². The zero-order valence-corrected chi connectivity index (χ0v) is 7.08. The minimum absolute atomic E-state index is 0.142. The molecule has 11 heavy (non-hydrogen) atoms. The van der Waals surface area contributed by atoms with Crippen LogP contribution >= 0.6 is 0 Å². The smallest absolute Gasteiger partial charge is 0.0614 e. The molecule has 0 aromatic rings. The van der Waals surface area contributed by atoms with Gasteiger partial charge in [0.15, 0.2) is 0 Å². The van der Waals surface area contributed by atoms with Crippen molar-refractivity contribution in [2.45, 2.75) is 31.4 Å². The van der Waals surface area contributed by atoms with E-state index >= 15 is 0 Å². The van der Waals surface area contributed by atoms with E-state index in [2.05, 4.69) is 0 Å². The van der Waals surface area contributed by atoms with Gasteiger partial charge in [0.25, 0.3) is 0 Å². The third-order valence-electron chi connectivity index (χ3n) is 1.97. The lowest BCUT2D eigenvalue weighted by atomic mass is 10.1. The highest BCUT2D eigenvalue weighted by Gasteiger charge is 2.18. The summed E-state index contributed by atoms with van der Waals surface area (Å²) < 4.78 is 10.4. The molecule has 1 fully saturated rings. The fraction of sp³-hybridized carbons (Fsp3) is 1.00. The largest absolute Gasteiger partial charge is 0.383 e. The molecule has 1 aliphatic heterocycles. The highest BCUT2D eigenvalue weighted by atomic mass is 16.5. The molecule has 66 valence electrons. The maximum atomic E-state index is 5.76. The van der Waals surface area contributed by atoms with Gasteiger partial charge in [0.2, 0.25) is 0 Å². The molecule has 0 spiro atoms. The van der Waals surface area contributed by atoms with Gasteiger partial charge in [-0.15, -0.1) is 0 Å². The van der Waals surface area contributed by atoms with Crippen molar-refractivity contribution in [1.82, 2.24) is 0 Å². The monoisotopic (exact) mass is 159 g/mol. The highest BCUT2D eigenvalue weighted by molar-refractivity contribution is 4.71. The molecule has 0 aliphatic carbocycles. The van der Waals surface area contributed by atoms with E-state index in [1.807, 2.05) is 0 Å². The van der Waals surface area contributed by atoms with E-state index in [1.54, 1.807) is 7.11 Å². The van der Waals surface area contributed by atoms with Crippen LogP contribution in [-0.2, 0) is 9.47 Å². The normalized spacial score (nSPS) is 27.3. The molecule has 3 heteroatoms. The van der Waals surface area contributed by atoms with Gasteiger partial charge in [-0.1, -0.05) is 0 Å². The molecule has 1 aliphatic rings. The SMILES string of the molecule is COCC(N)CC1CCCO1. The van der Waals surface area contributed by atoms with E-state index in [1.165, 1.54) is 6.42 Å². The first-order valence-corrected chi connectivity index (χ1v) is 4.19. The molecule has 1 saturated heterocycles. The van der Waals surface area contributed by atoms with Crippen molar-refractivity contribution in [3.8, 4) is 0 Å². The Bertz CT molecular complexity index is 102. The molecule has 3 nitrogen and oxygen atoms in total. The number of hydrogen-bond donors (Lipinski definition) is 1. The molecule has 2 unspecified atom stereocenters. The minimum Gasteiger partial charge on any atom is -0.383 e. The first kappa shape index (κ1) is 8.97. The van der Waals surface area contributed by atoms with Crippen molar-refractivity contribution < 1.29 is 9.47 Å². The average Bonchev–Trinajstić information content (AvgIpc) is 2.40. The van der Waals surface area contributed by atoms with Crippen LogP contribution in [-0.4, -0.2) is 32.5 Å². The van der Waals surface area contributed by atoms with Crippen LogP contribution in [0.3, 0.4) is 0 Å². The van der Waals surface area contributed by atoms with Crippen molar-refractivity contribution in [1.29, 1.82) is 0 Å². The van der Waals surface area contributed by atoms with Crippen LogP contribution in [0.4, 0.5) is 0 Å². The first-order valence-electron chi connectivity index (χ1n) is 4.19. The molecular formula is C8H17NO2. The summed E-state index contributed by atoms with van der Waals surface area (Å²) in [5.74, 6) is 0. The molecule has 0 bridgehead atoms. The molecule has 2 atom stereocenters. The van der Waals surface area contributed by atoms with Crippen LogP contribution in [0.15, 0.2) is 0 Å². The Morgan fingerprint density at radius 2 is 2.55 bits per heavy atom. The maximum Gasteiger partial charge on any atom is 0.0614 e. The summed E-state index contributed by atoms with van der Waals surface area (Å²) in [6.07, 6.45) is 3.68. The van der Waals surface area contributed by atoms with Crippen molar-refractivity contribution in [3.05, 3.63) is 0 Å².